The first-order valence-electron chi connectivity index (χ1n) is 6.92. The van der Waals surface area contributed by atoms with Crippen molar-refractivity contribution in [3.63, 3.8) is 0 Å². The molecule has 0 rings (SSSR count). The van der Waals surface area contributed by atoms with E-state index < -0.39 is 24.8 Å². The summed E-state index contributed by atoms with van der Waals surface area (Å²) in [6.07, 6.45) is -0.864. The highest BCUT2D eigenvalue weighted by Gasteiger charge is 2.29. The van der Waals surface area contributed by atoms with E-state index >= 15 is 0 Å². The number of carbonyl (C=O) groups is 1. The fourth-order valence-electron chi connectivity index (χ4n) is 1.85. The van der Waals surface area contributed by atoms with Gasteiger partial charge in [-0.25, -0.2) is 5.48 Å². The lowest BCUT2D eigenvalue weighted by molar-refractivity contribution is -0.186. The highest BCUT2D eigenvalue weighted by molar-refractivity contribution is 5.76. The first kappa shape index (κ1) is 19.2. The summed E-state index contributed by atoms with van der Waals surface area (Å²) in [5.41, 5.74) is 1.56. The molecule has 0 saturated carbocycles. The summed E-state index contributed by atoms with van der Waals surface area (Å²) in [5, 5.41) is 8.45. The monoisotopic (exact) mass is 299 g/mol. The Labute approximate surface area is 117 Å². The van der Waals surface area contributed by atoms with Crippen LogP contribution in [0.15, 0.2) is 0 Å². The third kappa shape index (κ3) is 10.0. The molecule has 20 heavy (non-hydrogen) atoms. The molecular formula is C13H24F3NO3. The minimum atomic E-state index is -4.31. The number of hydrogen-bond acceptors (Lipinski definition) is 3. The molecule has 0 aliphatic heterocycles. The van der Waals surface area contributed by atoms with Gasteiger partial charge in [0.2, 0.25) is 5.91 Å². The van der Waals surface area contributed by atoms with E-state index in [1.807, 2.05) is 6.92 Å². The van der Waals surface area contributed by atoms with E-state index in [2.05, 4.69) is 0 Å². The summed E-state index contributed by atoms with van der Waals surface area (Å²) in [7, 11) is 0. The fraction of sp³-hybridized carbons (Fsp3) is 0.923. The van der Waals surface area contributed by atoms with Crippen molar-refractivity contribution < 1.29 is 27.9 Å². The number of ether oxygens (including phenoxy) is 1. The number of hydrogen-bond donors (Lipinski definition) is 2. The molecule has 0 aromatic rings. The number of nitrogens with one attached hydrogen (secondary N) is 1. The van der Waals surface area contributed by atoms with E-state index in [1.165, 1.54) is 0 Å². The van der Waals surface area contributed by atoms with Crippen LogP contribution < -0.4 is 5.48 Å². The Morgan fingerprint density at radius 2 is 1.85 bits per heavy atom. The van der Waals surface area contributed by atoms with Crippen molar-refractivity contribution in [3.8, 4) is 0 Å². The molecule has 2 atom stereocenters. The molecule has 4 nitrogen and oxygen atoms in total. The number of rotatable bonds is 10. The molecule has 2 unspecified atom stereocenters. The van der Waals surface area contributed by atoms with Crippen LogP contribution in [0.3, 0.4) is 0 Å². The van der Waals surface area contributed by atoms with Crippen LogP contribution >= 0.6 is 0 Å². The van der Waals surface area contributed by atoms with Crippen molar-refractivity contribution in [2.45, 2.75) is 64.7 Å². The van der Waals surface area contributed by atoms with Crippen LogP contribution in [0.1, 0.15) is 52.4 Å². The van der Waals surface area contributed by atoms with Crippen LogP contribution in [-0.4, -0.2) is 30.0 Å². The second-order valence-corrected chi connectivity index (χ2v) is 5.00. The number of alkyl halides is 3. The van der Waals surface area contributed by atoms with Gasteiger partial charge in [0.25, 0.3) is 0 Å². The summed E-state index contributed by atoms with van der Waals surface area (Å²) in [4.78, 5) is 11.1. The Morgan fingerprint density at radius 1 is 1.25 bits per heavy atom. The second-order valence-electron chi connectivity index (χ2n) is 5.00. The number of halogens is 3. The molecular weight excluding hydrogens is 275 g/mol. The topological polar surface area (TPSA) is 58.6 Å². The number of unbranched alkanes of at least 4 members (excludes halogenated alkanes) is 1. The van der Waals surface area contributed by atoms with Crippen LogP contribution in [0.4, 0.5) is 13.2 Å². The van der Waals surface area contributed by atoms with Gasteiger partial charge in [0.05, 0.1) is 6.10 Å². The average molecular weight is 299 g/mol. The lowest BCUT2D eigenvalue weighted by Gasteiger charge is -2.19. The summed E-state index contributed by atoms with van der Waals surface area (Å²) >= 11 is 0. The predicted molar refractivity (Wildman–Crippen MR) is 68.3 cm³/mol. The van der Waals surface area contributed by atoms with E-state index in [0.717, 1.165) is 12.8 Å². The lowest BCUT2D eigenvalue weighted by atomic mass is 10.00. The predicted octanol–water partition coefficient (Wildman–Crippen LogP) is 3.44. The van der Waals surface area contributed by atoms with Crippen LogP contribution in [0.5, 0.6) is 0 Å². The first-order chi connectivity index (χ1) is 9.30. The van der Waals surface area contributed by atoms with Gasteiger partial charge in [-0.1, -0.05) is 33.1 Å². The van der Waals surface area contributed by atoms with Gasteiger partial charge in [0.15, 0.2) is 0 Å². The summed E-state index contributed by atoms with van der Waals surface area (Å²) in [5.74, 6) is -0.847. The first-order valence-corrected chi connectivity index (χ1v) is 6.92. The van der Waals surface area contributed by atoms with Crippen LogP contribution in [0.2, 0.25) is 0 Å². The average Bonchev–Trinajstić information content (AvgIpc) is 2.38. The minimum Gasteiger partial charge on any atom is -0.369 e. The number of amides is 1. The van der Waals surface area contributed by atoms with Gasteiger partial charge in [-0.3, -0.25) is 10.0 Å². The molecule has 0 radical (unpaired) electrons. The fourth-order valence-corrected chi connectivity index (χ4v) is 1.85. The van der Waals surface area contributed by atoms with Crippen LogP contribution in [-0.2, 0) is 9.53 Å². The highest BCUT2D eigenvalue weighted by Crippen LogP contribution is 2.20. The molecule has 0 saturated heterocycles. The van der Waals surface area contributed by atoms with E-state index in [9.17, 15) is 18.0 Å². The molecule has 2 N–H and O–H groups in total. The highest BCUT2D eigenvalue weighted by atomic mass is 19.4. The van der Waals surface area contributed by atoms with Gasteiger partial charge in [0.1, 0.15) is 6.61 Å². The molecule has 0 spiro atoms. The summed E-state index contributed by atoms with van der Waals surface area (Å²) < 4.78 is 41.3. The van der Waals surface area contributed by atoms with E-state index in [-0.39, 0.29) is 5.92 Å². The molecule has 0 aliphatic carbocycles. The second kappa shape index (κ2) is 9.99. The van der Waals surface area contributed by atoms with Crippen molar-refractivity contribution in [1.82, 2.24) is 5.48 Å². The number of hydroxylamine groups is 1. The Hall–Kier alpha value is -0.820. The van der Waals surface area contributed by atoms with E-state index in [0.29, 0.717) is 25.7 Å². The van der Waals surface area contributed by atoms with Crippen molar-refractivity contribution in [2.75, 3.05) is 6.61 Å². The molecule has 0 fully saturated rings. The Balaban J connectivity index is 4.06. The molecule has 1 amide bonds. The van der Waals surface area contributed by atoms with Crippen molar-refractivity contribution >= 4 is 5.91 Å². The molecule has 7 heteroatoms. The number of carbonyl (C=O) groups excluding carboxylic acids is 1. The summed E-state index contributed by atoms with van der Waals surface area (Å²) in [6.45, 7) is 2.39. The maximum Gasteiger partial charge on any atom is 0.411 e. The van der Waals surface area contributed by atoms with Crippen molar-refractivity contribution in [3.05, 3.63) is 0 Å². The third-order valence-corrected chi connectivity index (χ3v) is 3.08. The molecule has 0 bridgehead atoms. The molecule has 0 aliphatic rings. The third-order valence-electron chi connectivity index (χ3n) is 3.08. The Morgan fingerprint density at radius 3 is 2.35 bits per heavy atom. The van der Waals surface area contributed by atoms with Gasteiger partial charge in [0, 0.05) is 5.92 Å². The van der Waals surface area contributed by atoms with Gasteiger partial charge in [-0.05, 0) is 19.3 Å². The van der Waals surface area contributed by atoms with Gasteiger partial charge in [-0.2, -0.15) is 13.2 Å². The van der Waals surface area contributed by atoms with Gasteiger partial charge < -0.3 is 4.74 Å². The van der Waals surface area contributed by atoms with Crippen LogP contribution in [0.25, 0.3) is 0 Å². The minimum absolute atomic E-state index is 0.366. The van der Waals surface area contributed by atoms with E-state index in [4.69, 9.17) is 9.94 Å². The molecule has 0 aromatic carbocycles. The zero-order valence-corrected chi connectivity index (χ0v) is 12.0. The standard InChI is InChI=1S/C13H24F3NO3/c1-3-4-7-11(20-9-13(14,15)16)8-5-6-10(2)12(18)17-19/h10-11,19H,3-9H2,1-2H3,(H,17,18). The SMILES string of the molecule is CCCCC(CCCC(C)C(=O)NO)OCC(F)(F)F. The quantitative estimate of drug-likeness (QED) is 0.480. The largest absolute Gasteiger partial charge is 0.411 e. The van der Waals surface area contributed by atoms with Crippen LogP contribution in [0, 0.1) is 5.92 Å². The normalized spacial score (nSPS) is 14.9. The smallest absolute Gasteiger partial charge is 0.369 e. The maximum absolute atomic E-state index is 12.1. The van der Waals surface area contributed by atoms with Crippen molar-refractivity contribution in [2.24, 2.45) is 5.92 Å². The lowest BCUT2D eigenvalue weighted by Crippen LogP contribution is -2.26. The Bertz CT molecular complexity index is 272. The van der Waals surface area contributed by atoms with E-state index in [1.54, 1.807) is 12.4 Å². The zero-order valence-electron chi connectivity index (χ0n) is 12.0. The molecule has 0 heterocycles. The zero-order chi connectivity index (χ0) is 15.6. The maximum atomic E-state index is 12.1. The van der Waals surface area contributed by atoms with Crippen molar-refractivity contribution in [1.29, 1.82) is 0 Å². The Kier molecular flexibility index (Phi) is 9.58. The van der Waals surface area contributed by atoms with Gasteiger partial charge in [-0.15, -0.1) is 0 Å². The van der Waals surface area contributed by atoms with Gasteiger partial charge >= 0.3 is 6.18 Å². The summed E-state index contributed by atoms with van der Waals surface area (Å²) in [6, 6.07) is 0. The molecule has 120 valence electrons. The molecule has 0 aromatic heterocycles.